The van der Waals surface area contributed by atoms with Crippen molar-refractivity contribution in [3.63, 3.8) is 0 Å². The molecular weight excluding hydrogens is 535 g/mol. The maximum Gasteiger partial charge on any atom is 0.302 e. The number of benzene rings is 2. The minimum absolute atomic E-state index is 0.134. The summed E-state index contributed by atoms with van der Waals surface area (Å²) < 4.78 is 22.1. The van der Waals surface area contributed by atoms with Crippen LogP contribution in [0.5, 0.6) is 0 Å². The van der Waals surface area contributed by atoms with E-state index in [2.05, 4.69) is 22.5 Å². The Labute approximate surface area is 246 Å². The number of nitrogens with zero attached hydrogens (tertiary/aromatic N) is 2. The van der Waals surface area contributed by atoms with Crippen molar-refractivity contribution in [3.05, 3.63) is 69.4 Å². The number of pyridine rings is 1. The van der Waals surface area contributed by atoms with Gasteiger partial charge in [0.1, 0.15) is 5.82 Å². The fourth-order valence-electron chi connectivity index (χ4n) is 5.63. The highest BCUT2D eigenvalue weighted by atomic mass is 19.1. The second-order valence-corrected chi connectivity index (χ2v) is 12.7. The molecule has 0 spiro atoms. The van der Waals surface area contributed by atoms with Gasteiger partial charge in [-0.15, -0.1) is 0 Å². The van der Waals surface area contributed by atoms with Crippen LogP contribution < -0.4 is 16.2 Å². The second kappa shape index (κ2) is 12.0. The first-order chi connectivity index (χ1) is 19.9. The number of piperazine rings is 1. The molecule has 9 heteroatoms. The third-order valence-electron chi connectivity index (χ3n) is 8.28. The van der Waals surface area contributed by atoms with Crippen LogP contribution in [0.2, 0.25) is 0 Å². The van der Waals surface area contributed by atoms with E-state index in [4.69, 9.17) is 4.74 Å². The average Bonchev–Trinajstić information content (AvgIpc) is 3.76. The molecule has 1 aliphatic carbocycles. The van der Waals surface area contributed by atoms with E-state index in [0.29, 0.717) is 41.2 Å². The Kier molecular flexibility index (Phi) is 8.53. The zero-order valence-corrected chi connectivity index (χ0v) is 25.2. The van der Waals surface area contributed by atoms with E-state index in [9.17, 15) is 14.4 Å². The van der Waals surface area contributed by atoms with Crippen molar-refractivity contribution < 1.29 is 18.7 Å². The zero-order chi connectivity index (χ0) is 30.2. The predicted molar refractivity (Wildman–Crippen MR) is 162 cm³/mol. The van der Waals surface area contributed by atoms with Crippen molar-refractivity contribution in [2.24, 2.45) is 5.41 Å². The fraction of sp³-hybridized carbons (Fsp3) is 0.485. The topological polar surface area (TPSA) is 92.7 Å². The van der Waals surface area contributed by atoms with Crippen molar-refractivity contribution in [3.8, 4) is 11.1 Å². The minimum atomic E-state index is -0.459. The Bertz CT molecular complexity index is 1580. The van der Waals surface area contributed by atoms with Crippen LogP contribution in [0.3, 0.4) is 0 Å². The highest BCUT2D eigenvalue weighted by Crippen LogP contribution is 2.32. The zero-order valence-electron chi connectivity index (χ0n) is 25.2. The SMILES string of the molecule is CC(=O)OCC(C)(C)Cn1cc(CN2CCNC[C@H]2C)c2cc(-c3cc(C(=O)NC4CC4)cc(F)c3C)ccc2c1=O. The molecule has 2 aliphatic rings. The maximum atomic E-state index is 15.1. The van der Waals surface area contributed by atoms with Crippen LogP contribution in [-0.2, 0) is 22.6 Å². The van der Waals surface area contributed by atoms with Crippen LogP contribution in [0.4, 0.5) is 4.39 Å². The minimum Gasteiger partial charge on any atom is -0.465 e. The Morgan fingerprint density at radius 2 is 1.93 bits per heavy atom. The fourth-order valence-corrected chi connectivity index (χ4v) is 5.63. The van der Waals surface area contributed by atoms with Gasteiger partial charge >= 0.3 is 5.97 Å². The lowest BCUT2D eigenvalue weighted by molar-refractivity contribution is -0.144. The molecule has 1 saturated heterocycles. The highest BCUT2D eigenvalue weighted by molar-refractivity contribution is 5.97. The lowest BCUT2D eigenvalue weighted by Gasteiger charge is -2.34. The van der Waals surface area contributed by atoms with Crippen molar-refractivity contribution in [1.29, 1.82) is 0 Å². The summed E-state index contributed by atoms with van der Waals surface area (Å²) in [4.78, 5) is 40.4. The van der Waals surface area contributed by atoms with Crippen LogP contribution in [0.25, 0.3) is 21.9 Å². The predicted octanol–water partition coefficient (Wildman–Crippen LogP) is 4.39. The van der Waals surface area contributed by atoms with Gasteiger partial charge in [0.25, 0.3) is 11.5 Å². The van der Waals surface area contributed by atoms with E-state index in [1.54, 1.807) is 17.6 Å². The molecule has 2 fully saturated rings. The molecule has 1 aromatic heterocycles. The molecule has 5 rings (SSSR count). The number of hydrogen-bond acceptors (Lipinski definition) is 6. The normalized spacial score (nSPS) is 17.8. The van der Waals surface area contributed by atoms with E-state index in [0.717, 1.165) is 49.0 Å². The number of halogens is 1. The molecule has 1 saturated carbocycles. The standard InChI is InChI=1S/C33H41FN4O4/c1-20-15-35-10-11-37(20)16-25-17-38(18-33(4,5)19-42-22(3)39)32(41)27-9-6-23(12-29(25)27)28-13-24(14-30(34)21(28)2)31(40)36-26-7-8-26/h6,9,12-14,17,20,26,35H,7-8,10-11,15-16,18-19H2,1-5H3,(H,36,40)/t20-/m1/s1. The molecular formula is C33H41FN4O4. The van der Waals surface area contributed by atoms with Gasteiger partial charge in [-0.1, -0.05) is 19.9 Å². The Balaban J connectivity index is 1.59. The van der Waals surface area contributed by atoms with Crippen molar-refractivity contribution in [2.75, 3.05) is 26.2 Å². The summed E-state index contributed by atoms with van der Waals surface area (Å²) in [5, 5.41) is 7.75. The van der Waals surface area contributed by atoms with Gasteiger partial charge in [-0.25, -0.2) is 4.39 Å². The highest BCUT2D eigenvalue weighted by Gasteiger charge is 2.26. The monoisotopic (exact) mass is 576 g/mol. The number of ether oxygens (including phenoxy) is 1. The number of esters is 1. The van der Waals surface area contributed by atoms with Crippen LogP contribution >= 0.6 is 0 Å². The number of carbonyl (C=O) groups is 2. The second-order valence-electron chi connectivity index (χ2n) is 12.7. The number of hydrogen-bond donors (Lipinski definition) is 2. The molecule has 1 aliphatic heterocycles. The molecule has 2 heterocycles. The van der Waals surface area contributed by atoms with E-state index in [1.165, 1.54) is 13.0 Å². The van der Waals surface area contributed by atoms with Gasteiger partial charge < -0.3 is 19.9 Å². The molecule has 0 unspecified atom stereocenters. The summed E-state index contributed by atoms with van der Waals surface area (Å²) >= 11 is 0. The molecule has 224 valence electrons. The van der Waals surface area contributed by atoms with Crippen LogP contribution in [-0.4, -0.2) is 59.7 Å². The number of nitrogens with one attached hydrogen (secondary N) is 2. The number of aromatic nitrogens is 1. The van der Waals surface area contributed by atoms with Gasteiger partial charge in [0.2, 0.25) is 0 Å². The van der Waals surface area contributed by atoms with Gasteiger partial charge in [0.15, 0.2) is 0 Å². The van der Waals surface area contributed by atoms with Crippen molar-refractivity contribution in [1.82, 2.24) is 20.1 Å². The van der Waals surface area contributed by atoms with Gasteiger partial charge in [-0.05, 0) is 78.6 Å². The van der Waals surface area contributed by atoms with Crippen LogP contribution in [0.1, 0.15) is 62.0 Å². The molecule has 1 atom stereocenters. The molecule has 2 aromatic carbocycles. The average molecular weight is 577 g/mol. The van der Waals surface area contributed by atoms with Crippen molar-refractivity contribution in [2.45, 2.75) is 72.6 Å². The van der Waals surface area contributed by atoms with E-state index in [-0.39, 0.29) is 30.1 Å². The maximum absolute atomic E-state index is 15.1. The van der Waals surface area contributed by atoms with Gasteiger partial charge in [0, 0.05) is 74.3 Å². The van der Waals surface area contributed by atoms with E-state index in [1.807, 2.05) is 38.2 Å². The first kappa shape index (κ1) is 29.9. The van der Waals surface area contributed by atoms with Crippen LogP contribution in [0, 0.1) is 18.2 Å². The summed E-state index contributed by atoms with van der Waals surface area (Å²) in [7, 11) is 0. The van der Waals surface area contributed by atoms with E-state index >= 15 is 4.39 Å². The number of fused-ring (bicyclic) bond motifs is 1. The smallest absolute Gasteiger partial charge is 0.302 e. The molecule has 1 amide bonds. The van der Waals surface area contributed by atoms with Crippen molar-refractivity contribution >= 4 is 22.6 Å². The summed E-state index contributed by atoms with van der Waals surface area (Å²) in [6.07, 6.45) is 3.82. The third kappa shape index (κ3) is 6.73. The molecule has 0 bridgehead atoms. The summed E-state index contributed by atoms with van der Waals surface area (Å²) in [5.41, 5.74) is 2.52. The van der Waals surface area contributed by atoms with Crippen LogP contribution in [0.15, 0.2) is 41.3 Å². The molecule has 42 heavy (non-hydrogen) atoms. The van der Waals surface area contributed by atoms with E-state index < -0.39 is 11.2 Å². The lowest BCUT2D eigenvalue weighted by Crippen LogP contribution is -2.49. The molecule has 2 N–H and O–H groups in total. The van der Waals surface area contributed by atoms with Gasteiger partial charge in [0.05, 0.1) is 6.61 Å². The summed E-state index contributed by atoms with van der Waals surface area (Å²) in [6.45, 7) is 13.1. The summed E-state index contributed by atoms with van der Waals surface area (Å²) in [5.74, 6) is -1.06. The largest absolute Gasteiger partial charge is 0.465 e. The quantitative estimate of drug-likeness (QED) is 0.367. The first-order valence-electron chi connectivity index (χ1n) is 14.8. The first-order valence-corrected chi connectivity index (χ1v) is 14.8. The summed E-state index contributed by atoms with van der Waals surface area (Å²) in [6, 6.07) is 9.12. The Morgan fingerprint density at radius 3 is 2.62 bits per heavy atom. The third-order valence-corrected chi connectivity index (χ3v) is 8.28. The number of carbonyl (C=O) groups excluding carboxylic acids is 2. The lowest BCUT2D eigenvalue weighted by atomic mass is 9.93. The molecule has 0 radical (unpaired) electrons. The number of rotatable bonds is 9. The Morgan fingerprint density at radius 1 is 1.17 bits per heavy atom. The molecule has 8 nitrogen and oxygen atoms in total. The Hall–Kier alpha value is -3.56. The number of amides is 1. The van der Waals surface area contributed by atoms with Gasteiger partial charge in [-0.2, -0.15) is 0 Å². The molecule has 3 aromatic rings. The van der Waals surface area contributed by atoms with Gasteiger partial charge in [-0.3, -0.25) is 19.3 Å².